The van der Waals surface area contributed by atoms with Crippen molar-refractivity contribution in [1.29, 1.82) is 0 Å². The number of H-pyrrole nitrogens is 1. The molecule has 3 aromatic rings. The standard InChI is InChI=1S/C17H19N5S/c1-11-15(23-10-20-11)17-21-14-8-13(9-19-16(14)22-17)3-2-12-4-6-18-7-5-12/h2-3,8-10,12,18H,4-7H2,1H3,(H,19,21,22)/b3-2+. The highest BCUT2D eigenvalue weighted by atomic mass is 32.1. The summed E-state index contributed by atoms with van der Waals surface area (Å²) in [5, 5.41) is 3.39. The van der Waals surface area contributed by atoms with E-state index >= 15 is 0 Å². The molecule has 0 radical (unpaired) electrons. The SMILES string of the molecule is Cc1ncsc1-c1nc2ncc(/C=C/C3CCNCC3)cc2[nH]1. The molecule has 4 heterocycles. The number of aromatic nitrogens is 4. The molecule has 1 fully saturated rings. The molecular formula is C17H19N5S. The highest BCUT2D eigenvalue weighted by molar-refractivity contribution is 7.13. The minimum atomic E-state index is 0.670. The van der Waals surface area contributed by atoms with Gasteiger partial charge in [0.15, 0.2) is 11.5 Å². The first-order valence-corrected chi connectivity index (χ1v) is 8.83. The molecule has 3 aromatic heterocycles. The molecule has 4 rings (SSSR count). The zero-order valence-corrected chi connectivity index (χ0v) is 13.9. The second kappa shape index (κ2) is 6.22. The molecule has 0 spiro atoms. The number of thiazole rings is 1. The van der Waals surface area contributed by atoms with Gasteiger partial charge in [-0.15, -0.1) is 11.3 Å². The lowest BCUT2D eigenvalue weighted by atomic mass is 9.97. The van der Waals surface area contributed by atoms with E-state index in [1.807, 2.05) is 18.6 Å². The van der Waals surface area contributed by atoms with Gasteiger partial charge < -0.3 is 10.3 Å². The van der Waals surface area contributed by atoms with Gasteiger partial charge in [-0.3, -0.25) is 0 Å². The molecule has 118 valence electrons. The van der Waals surface area contributed by atoms with Crippen molar-refractivity contribution in [2.45, 2.75) is 19.8 Å². The predicted octanol–water partition coefficient (Wildman–Crippen LogP) is 3.40. The second-order valence-corrected chi connectivity index (χ2v) is 6.79. The van der Waals surface area contributed by atoms with E-state index in [4.69, 9.17) is 0 Å². The van der Waals surface area contributed by atoms with E-state index in [-0.39, 0.29) is 0 Å². The Morgan fingerprint density at radius 3 is 2.91 bits per heavy atom. The third kappa shape index (κ3) is 3.04. The largest absolute Gasteiger partial charge is 0.336 e. The number of nitrogens with zero attached hydrogens (tertiary/aromatic N) is 3. The molecule has 0 saturated carbocycles. The lowest BCUT2D eigenvalue weighted by Crippen LogP contribution is -2.26. The Bertz CT molecular complexity index is 842. The molecule has 0 atom stereocenters. The molecule has 1 saturated heterocycles. The van der Waals surface area contributed by atoms with E-state index in [0.717, 1.165) is 46.2 Å². The van der Waals surface area contributed by atoms with Crippen LogP contribution in [-0.2, 0) is 0 Å². The van der Waals surface area contributed by atoms with E-state index in [1.165, 1.54) is 12.8 Å². The van der Waals surface area contributed by atoms with Crippen molar-refractivity contribution < 1.29 is 0 Å². The van der Waals surface area contributed by atoms with Crippen LogP contribution in [0.2, 0.25) is 0 Å². The molecule has 1 aliphatic rings. The molecule has 0 bridgehead atoms. The molecule has 0 aliphatic carbocycles. The summed E-state index contributed by atoms with van der Waals surface area (Å²) >= 11 is 1.60. The number of nitrogens with one attached hydrogen (secondary N) is 2. The van der Waals surface area contributed by atoms with Gasteiger partial charge in [-0.1, -0.05) is 12.2 Å². The van der Waals surface area contributed by atoms with Gasteiger partial charge in [0.05, 0.1) is 21.6 Å². The Morgan fingerprint density at radius 2 is 2.13 bits per heavy atom. The van der Waals surface area contributed by atoms with Crippen molar-refractivity contribution in [2.75, 3.05) is 13.1 Å². The van der Waals surface area contributed by atoms with E-state index in [9.17, 15) is 0 Å². The molecule has 6 heteroatoms. The van der Waals surface area contributed by atoms with Crippen LogP contribution in [0.5, 0.6) is 0 Å². The Balaban J connectivity index is 1.60. The maximum atomic E-state index is 4.58. The van der Waals surface area contributed by atoms with E-state index < -0.39 is 0 Å². The van der Waals surface area contributed by atoms with Crippen LogP contribution in [0.25, 0.3) is 27.9 Å². The predicted molar refractivity (Wildman–Crippen MR) is 94.4 cm³/mol. The van der Waals surface area contributed by atoms with Crippen molar-refractivity contribution in [1.82, 2.24) is 25.3 Å². The molecule has 0 amide bonds. The average molecular weight is 325 g/mol. The number of pyridine rings is 1. The fraction of sp³-hybridized carbons (Fsp3) is 0.353. The highest BCUT2D eigenvalue weighted by Gasteiger charge is 2.12. The number of fused-ring (bicyclic) bond motifs is 1. The van der Waals surface area contributed by atoms with Crippen LogP contribution in [0, 0.1) is 12.8 Å². The van der Waals surface area contributed by atoms with E-state index in [2.05, 4.69) is 43.5 Å². The molecule has 0 unspecified atom stereocenters. The van der Waals surface area contributed by atoms with Gasteiger partial charge in [0.1, 0.15) is 0 Å². The number of aromatic amines is 1. The van der Waals surface area contributed by atoms with Crippen LogP contribution >= 0.6 is 11.3 Å². The smallest absolute Gasteiger partial charge is 0.178 e. The minimum absolute atomic E-state index is 0.670. The van der Waals surface area contributed by atoms with Gasteiger partial charge >= 0.3 is 0 Å². The Morgan fingerprint density at radius 1 is 1.26 bits per heavy atom. The van der Waals surface area contributed by atoms with Crippen molar-refractivity contribution in [3.05, 3.63) is 35.1 Å². The van der Waals surface area contributed by atoms with Crippen molar-refractivity contribution in [3.63, 3.8) is 0 Å². The quantitative estimate of drug-likeness (QED) is 0.774. The average Bonchev–Trinajstić information content (AvgIpc) is 3.19. The lowest BCUT2D eigenvalue weighted by molar-refractivity contribution is 0.438. The van der Waals surface area contributed by atoms with Gasteiger partial charge in [0.2, 0.25) is 0 Å². The fourth-order valence-corrected chi connectivity index (χ4v) is 3.68. The number of imidazole rings is 1. The van der Waals surface area contributed by atoms with Crippen molar-refractivity contribution in [2.24, 2.45) is 5.92 Å². The summed E-state index contributed by atoms with van der Waals surface area (Å²) in [5.41, 5.74) is 5.69. The van der Waals surface area contributed by atoms with Gasteiger partial charge in [-0.25, -0.2) is 15.0 Å². The van der Waals surface area contributed by atoms with Crippen LogP contribution in [0.4, 0.5) is 0 Å². The van der Waals surface area contributed by atoms with Gasteiger partial charge in [-0.2, -0.15) is 0 Å². The first kappa shape index (κ1) is 14.5. The molecule has 0 aromatic carbocycles. The minimum Gasteiger partial charge on any atom is -0.336 e. The van der Waals surface area contributed by atoms with Crippen LogP contribution in [0.15, 0.2) is 23.8 Å². The monoisotopic (exact) mass is 325 g/mol. The van der Waals surface area contributed by atoms with Crippen LogP contribution in [0.1, 0.15) is 24.1 Å². The number of hydrogen-bond acceptors (Lipinski definition) is 5. The number of piperidine rings is 1. The van der Waals surface area contributed by atoms with E-state index in [1.54, 1.807) is 11.3 Å². The third-order valence-electron chi connectivity index (χ3n) is 4.26. The maximum Gasteiger partial charge on any atom is 0.178 e. The highest BCUT2D eigenvalue weighted by Crippen LogP contribution is 2.26. The summed E-state index contributed by atoms with van der Waals surface area (Å²) in [6.07, 6.45) is 8.81. The maximum absolute atomic E-state index is 4.58. The van der Waals surface area contributed by atoms with Gasteiger partial charge in [0, 0.05) is 6.20 Å². The van der Waals surface area contributed by atoms with Crippen LogP contribution < -0.4 is 5.32 Å². The summed E-state index contributed by atoms with van der Waals surface area (Å²) in [7, 11) is 0. The number of hydrogen-bond donors (Lipinski definition) is 2. The summed E-state index contributed by atoms with van der Waals surface area (Å²) in [4.78, 5) is 17.8. The lowest BCUT2D eigenvalue weighted by Gasteiger charge is -2.19. The first-order valence-electron chi connectivity index (χ1n) is 7.95. The number of rotatable bonds is 3. The zero-order chi connectivity index (χ0) is 15.6. The van der Waals surface area contributed by atoms with Gasteiger partial charge in [0.25, 0.3) is 0 Å². The molecule has 1 aliphatic heterocycles. The number of allylic oxidation sites excluding steroid dienone is 1. The molecular weight excluding hydrogens is 306 g/mol. The topological polar surface area (TPSA) is 66.5 Å². The van der Waals surface area contributed by atoms with Crippen LogP contribution in [-0.4, -0.2) is 33.0 Å². The summed E-state index contributed by atoms with van der Waals surface area (Å²) in [5.74, 6) is 1.52. The van der Waals surface area contributed by atoms with Crippen molar-refractivity contribution >= 4 is 28.6 Å². The van der Waals surface area contributed by atoms with Crippen molar-refractivity contribution in [3.8, 4) is 10.7 Å². The Labute approximate surface area is 138 Å². The van der Waals surface area contributed by atoms with E-state index in [0.29, 0.717) is 5.92 Å². The Kier molecular flexibility index (Phi) is 3.93. The van der Waals surface area contributed by atoms with Crippen LogP contribution in [0.3, 0.4) is 0 Å². The molecule has 2 N–H and O–H groups in total. The summed E-state index contributed by atoms with van der Waals surface area (Å²) in [6, 6.07) is 2.12. The van der Waals surface area contributed by atoms with Gasteiger partial charge in [-0.05, 0) is 50.4 Å². The molecule has 5 nitrogen and oxygen atoms in total. The second-order valence-electron chi connectivity index (χ2n) is 5.94. The molecule has 23 heavy (non-hydrogen) atoms. The third-order valence-corrected chi connectivity index (χ3v) is 5.20. The number of aryl methyl sites for hydroxylation is 1. The zero-order valence-electron chi connectivity index (χ0n) is 13.0. The summed E-state index contributed by atoms with van der Waals surface area (Å²) in [6.45, 7) is 4.23. The Hall–Kier alpha value is -2.05. The normalized spacial score (nSPS) is 16.6. The fourth-order valence-electron chi connectivity index (χ4n) is 2.93. The first-order chi connectivity index (χ1) is 11.3. The summed E-state index contributed by atoms with van der Waals surface area (Å²) < 4.78 is 0.